The van der Waals surface area contributed by atoms with Crippen LogP contribution in [0.2, 0.25) is 0 Å². The van der Waals surface area contributed by atoms with E-state index in [0.29, 0.717) is 6.42 Å². The first kappa shape index (κ1) is 15.0. The predicted molar refractivity (Wildman–Crippen MR) is 88.2 cm³/mol. The molecule has 0 bridgehead atoms. The lowest BCUT2D eigenvalue weighted by Crippen LogP contribution is -2.12. The number of fused-ring (bicyclic) bond motifs is 1. The summed E-state index contributed by atoms with van der Waals surface area (Å²) in [5.41, 5.74) is 2.71. The molecule has 1 amide bonds. The van der Waals surface area contributed by atoms with Gasteiger partial charge in [-0.25, -0.2) is 0 Å². The highest BCUT2D eigenvalue weighted by Crippen LogP contribution is 2.21. The smallest absolute Gasteiger partial charge is 0.228 e. The van der Waals surface area contributed by atoms with E-state index in [1.165, 1.54) is 0 Å². The molecule has 0 saturated heterocycles. The van der Waals surface area contributed by atoms with Gasteiger partial charge in [0.15, 0.2) is 0 Å². The molecule has 0 unspecified atom stereocenters. The summed E-state index contributed by atoms with van der Waals surface area (Å²) in [5, 5.41) is 3.98. The number of benzene rings is 1. The molecule has 0 spiro atoms. The summed E-state index contributed by atoms with van der Waals surface area (Å²) in [5.74, 6) is -0.00897. The molecule has 0 fully saturated rings. The number of pyridine rings is 1. The standard InChI is InChI=1S/C18H20N2O/c1-3-5-8-14(4-2)13-17(21)20-16-11-6-9-15-10-7-12-19-18(15)16/h3-4,6-7,9-12H,1,5,8,13H2,2H3,(H,20,21)/b14-4-. The zero-order chi connectivity index (χ0) is 15.1. The molecule has 0 aliphatic carbocycles. The van der Waals surface area contributed by atoms with Gasteiger partial charge < -0.3 is 5.32 Å². The third-order valence-electron chi connectivity index (χ3n) is 3.37. The number of carbonyl (C=O) groups excluding carboxylic acids is 1. The van der Waals surface area contributed by atoms with Gasteiger partial charge in [-0.3, -0.25) is 9.78 Å². The Labute approximate surface area is 125 Å². The predicted octanol–water partition coefficient (Wildman–Crippen LogP) is 4.48. The van der Waals surface area contributed by atoms with Crippen LogP contribution in [0.4, 0.5) is 5.69 Å². The summed E-state index contributed by atoms with van der Waals surface area (Å²) >= 11 is 0. The van der Waals surface area contributed by atoms with E-state index in [4.69, 9.17) is 0 Å². The number of hydrogen-bond donors (Lipinski definition) is 1. The summed E-state index contributed by atoms with van der Waals surface area (Å²) in [6.45, 7) is 5.68. The second-order valence-electron chi connectivity index (χ2n) is 4.88. The molecular weight excluding hydrogens is 260 g/mol. The summed E-state index contributed by atoms with van der Waals surface area (Å²) in [7, 11) is 0. The Kier molecular flexibility index (Phi) is 5.27. The van der Waals surface area contributed by atoms with E-state index in [1.807, 2.05) is 49.4 Å². The van der Waals surface area contributed by atoms with Crippen LogP contribution in [0.5, 0.6) is 0 Å². The minimum atomic E-state index is -0.00897. The molecule has 21 heavy (non-hydrogen) atoms. The Morgan fingerprint density at radius 2 is 2.14 bits per heavy atom. The average Bonchev–Trinajstić information content (AvgIpc) is 2.51. The monoisotopic (exact) mass is 280 g/mol. The van der Waals surface area contributed by atoms with E-state index in [9.17, 15) is 4.79 Å². The maximum Gasteiger partial charge on any atom is 0.228 e. The second-order valence-corrected chi connectivity index (χ2v) is 4.88. The Bertz CT molecular complexity index is 668. The number of nitrogens with one attached hydrogen (secondary N) is 1. The van der Waals surface area contributed by atoms with Crippen LogP contribution >= 0.6 is 0 Å². The Balaban J connectivity index is 2.09. The Morgan fingerprint density at radius 1 is 1.33 bits per heavy atom. The van der Waals surface area contributed by atoms with Gasteiger partial charge in [0.1, 0.15) is 0 Å². The van der Waals surface area contributed by atoms with Gasteiger partial charge in [-0.1, -0.05) is 35.9 Å². The highest BCUT2D eigenvalue weighted by Gasteiger charge is 2.08. The van der Waals surface area contributed by atoms with Gasteiger partial charge in [0.2, 0.25) is 5.91 Å². The molecule has 0 saturated carbocycles. The van der Waals surface area contributed by atoms with E-state index < -0.39 is 0 Å². The molecule has 2 rings (SSSR count). The number of anilines is 1. The van der Waals surface area contributed by atoms with Crippen molar-refractivity contribution in [2.24, 2.45) is 0 Å². The van der Waals surface area contributed by atoms with Crippen molar-refractivity contribution in [3.05, 3.63) is 60.8 Å². The topological polar surface area (TPSA) is 42.0 Å². The molecule has 108 valence electrons. The van der Waals surface area contributed by atoms with Gasteiger partial charge in [0, 0.05) is 18.0 Å². The quantitative estimate of drug-likeness (QED) is 0.793. The second kappa shape index (κ2) is 7.39. The van der Waals surface area contributed by atoms with Crippen LogP contribution < -0.4 is 5.32 Å². The molecule has 0 atom stereocenters. The van der Waals surface area contributed by atoms with Gasteiger partial charge in [-0.15, -0.1) is 6.58 Å². The number of nitrogens with zero attached hydrogens (tertiary/aromatic N) is 1. The summed E-state index contributed by atoms with van der Waals surface area (Å²) in [4.78, 5) is 16.5. The van der Waals surface area contributed by atoms with Crippen molar-refractivity contribution in [2.45, 2.75) is 26.2 Å². The van der Waals surface area contributed by atoms with Crippen molar-refractivity contribution >= 4 is 22.5 Å². The molecule has 3 nitrogen and oxygen atoms in total. The number of aromatic nitrogens is 1. The molecule has 1 heterocycles. The lowest BCUT2D eigenvalue weighted by molar-refractivity contribution is -0.115. The first-order valence-corrected chi connectivity index (χ1v) is 7.13. The molecule has 1 aromatic carbocycles. The minimum absolute atomic E-state index is 0.00897. The molecule has 1 aromatic heterocycles. The fourth-order valence-electron chi connectivity index (χ4n) is 2.23. The summed E-state index contributed by atoms with van der Waals surface area (Å²) in [6, 6.07) is 9.67. The normalized spacial score (nSPS) is 11.4. The fourth-order valence-corrected chi connectivity index (χ4v) is 2.23. The molecule has 3 heteroatoms. The molecular formula is C18H20N2O. The number of amides is 1. The molecule has 0 radical (unpaired) electrons. The van der Waals surface area contributed by atoms with Crippen molar-refractivity contribution in [3.63, 3.8) is 0 Å². The van der Waals surface area contributed by atoms with Crippen molar-refractivity contribution in [3.8, 4) is 0 Å². The first-order valence-electron chi connectivity index (χ1n) is 7.13. The number of hydrogen-bond acceptors (Lipinski definition) is 2. The number of para-hydroxylation sites is 1. The SMILES string of the molecule is C=CCC/C(=C/C)CC(=O)Nc1cccc2cccnc12. The highest BCUT2D eigenvalue weighted by atomic mass is 16.1. The zero-order valence-electron chi connectivity index (χ0n) is 12.3. The lowest BCUT2D eigenvalue weighted by atomic mass is 10.1. The van der Waals surface area contributed by atoms with Crippen LogP contribution in [0.1, 0.15) is 26.2 Å². The molecule has 0 aliphatic rings. The number of rotatable bonds is 6. The average molecular weight is 280 g/mol. The summed E-state index contributed by atoms with van der Waals surface area (Å²) < 4.78 is 0. The first-order chi connectivity index (χ1) is 10.2. The van der Waals surface area contributed by atoms with E-state index >= 15 is 0 Å². The van der Waals surface area contributed by atoms with Crippen LogP contribution in [-0.4, -0.2) is 10.9 Å². The lowest BCUT2D eigenvalue weighted by Gasteiger charge is -2.09. The van der Waals surface area contributed by atoms with Gasteiger partial charge >= 0.3 is 0 Å². The van der Waals surface area contributed by atoms with Crippen molar-refractivity contribution < 1.29 is 4.79 Å². The third kappa shape index (κ3) is 4.02. The van der Waals surface area contributed by atoms with E-state index in [1.54, 1.807) is 6.20 Å². The van der Waals surface area contributed by atoms with Gasteiger partial charge in [-0.05, 0) is 31.9 Å². The van der Waals surface area contributed by atoms with E-state index in [-0.39, 0.29) is 5.91 Å². The van der Waals surface area contributed by atoms with Crippen LogP contribution in [0.15, 0.2) is 60.8 Å². The fraction of sp³-hybridized carbons (Fsp3) is 0.222. The maximum absolute atomic E-state index is 12.2. The summed E-state index contributed by atoms with van der Waals surface area (Å²) in [6.07, 6.45) is 7.79. The van der Waals surface area contributed by atoms with Crippen LogP contribution in [0.3, 0.4) is 0 Å². The van der Waals surface area contributed by atoms with E-state index in [2.05, 4.69) is 16.9 Å². The maximum atomic E-state index is 12.2. The van der Waals surface area contributed by atoms with E-state index in [0.717, 1.165) is 35.0 Å². The number of carbonyl (C=O) groups is 1. The van der Waals surface area contributed by atoms with Crippen molar-refractivity contribution in [1.82, 2.24) is 4.98 Å². The largest absolute Gasteiger partial charge is 0.324 e. The van der Waals surface area contributed by atoms with Gasteiger partial charge in [-0.2, -0.15) is 0 Å². The van der Waals surface area contributed by atoms with Crippen LogP contribution in [0.25, 0.3) is 10.9 Å². The zero-order valence-corrected chi connectivity index (χ0v) is 12.3. The van der Waals surface area contributed by atoms with Gasteiger partial charge in [0.05, 0.1) is 11.2 Å². The Morgan fingerprint density at radius 3 is 2.90 bits per heavy atom. The van der Waals surface area contributed by atoms with Crippen LogP contribution in [-0.2, 0) is 4.79 Å². The van der Waals surface area contributed by atoms with Gasteiger partial charge in [0.25, 0.3) is 0 Å². The number of allylic oxidation sites excluding steroid dienone is 2. The highest BCUT2D eigenvalue weighted by molar-refractivity contribution is 6.00. The third-order valence-corrected chi connectivity index (χ3v) is 3.37. The molecule has 0 aliphatic heterocycles. The Hall–Kier alpha value is -2.42. The van der Waals surface area contributed by atoms with Crippen LogP contribution in [0, 0.1) is 0 Å². The minimum Gasteiger partial charge on any atom is -0.324 e. The molecule has 1 N–H and O–H groups in total. The molecule has 2 aromatic rings. The van der Waals surface area contributed by atoms with Crippen molar-refractivity contribution in [2.75, 3.05) is 5.32 Å². The van der Waals surface area contributed by atoms with Crippen molar-refractivity contribution in [1.29, 1.82) is 0 Å².